The lowest BCUT2D eigenvalue weighted by Crippen LogP contribution is -2.37. The Labute approximate surface area is 133 Å². The zero-order valence-corrected chi connectivity index (χ0v) is 13.0. The summed E-state index contributed by atoms with van der Waals surface area (Å²) in [6, 6.07) is 1.89. The van der Waals surface area contributed by atoms with Crippen LogP contribution in [0.2, 0.25) is 0 Å². The molecule has 2 aliphatic heterocycles. The van der Waals surface area contributed by atoms with Gasteiger partial charge in [-0.1, -0.05) is 0 Å². The van der Waals surface area contributed by atoms with Crippen molar-refractivity contribution in [1.29, 1.82) is 0 Å². The number of fused-ring (bicyclic) bond motifs is 1. The second kappa shape index (κ2) is 6.25. The maximum Gasteiger partial charge on any atom is 0.261 e. The fourth-order valence-corrected chi connectivity index (χ4v) is 3.13. The average molecular weight is 316 g/mol. The summed E-state index contributed by atoms with van der Waals surface area (Å²) in [5, 5.41) is 0.558. The second-order valence-electron chi connectivity index (χ2n) is 5.98. The van der Waals surface area contributed by atoms with Crippen molar-refractivity contribution in [1.82, 2.24) is 14.5 Å². The van der Waals surface area contributed by atoms with Crippen molar-refractivity contribution in [3.63, 3.8) is 0 Å². The van der Waals surface area contributed by atoms with Crippen LogP contribution in [-0.4, -0.2) is 53.5 Å². The van der Waals surface area contributed by atoms with Gasteiger partial charge in [-0.2, -0.15) is 0 Å². The molecule has 2 fully saturated rings. The summed E-state index contributed by atoms with van der Waals surface area (Å²) in [5.41, 5.74) is 0.640. The number of nitrogens with zero attached hydrogens (tertiary/aromatic N) is 4. The van der Waals surface area contributed by atoms with E-state index in [2.05, 4.69) is 14.9 Å². The Morgan fingerprint density at radius 1 is 1.26 bits per heavy atom. The molecule has 0 spiro atoms. The van der Waals surface area contributed by atoms with Gasteiger partial charge in [-0.25, -0.2) is 9.97 Å². The molecule has 2 aliphatic rings. The van der Waals surface area contributed by atoms with Gasteiger partial charge >= 0.3 is 0 Å². The minimum atomic E-state index is -0.0495. The summed E-state index contributed by atoms with van der Waals surface area (Å²) in [6.07, 6.45) is 5.67. The summed E-state index contributed by atoms with van der Waals surface area (Å²) in [7, 11) is 0. The summed E-state index contributed by atoms with van der Waals surface area (Å²) < 4.78 is 12.7. The first kappa shape index (κ1) is 14.6. The smallest absolute Gasteiger partial charge is 0.261 e. The van der Waals surface area contributed by atoms with Gasteiger partial charge in [0.15, 0.2) is 0 Å². The highest BCUT2D eigenvalue weighted by molar-refractivity contribution is 5.77. The van der Waals surface area contributed by atoms with Gasteiger partial charge in [0.2, 0.25) is 5.95 Å². The fourth-order valence-electron chi connectivity index (χ4n) is 3.13. The minimum absolute atomic E-state index is 0.0495. The van der Waals surface area contributed by atoms with E-state index < -0.39 is 0 Å². The number of pyridine rings is 1. The van der Waals surface area contributed by atoms with Crippen molar-refractivity contribution in [3.8, 4) is 0 Å². The van der Waals surface area contributed by atoms with Crippen LogP contribution in [-0.2, 0) is 16.0 Å². The maximum atomic E-state index is 12.6. The van der Waals surface area contributed by atoms with Gasteiger partial charge in [0.25, 0.3) is 5.56 Å². The normalized spacial score (nSPS) is 21.9. The van der Waals surface area contributed by atoms with E-state index in [1.54, 1.807) is 10.8 Å². The molecule has 0 saturated carbocycles. The Balaban J connectivity index is 1.63. The van der Waals surface area contributed by atoms with E-state index in [-0.39, 0.29) is 11.7 Å². The molecule has 4 heterocycles. The molecule has 122 valence electrons. The first-order valence-electron chi connectivity index (χ1n) is 8.12. The number of hydrogen-bond acceptors (Lipinski definition) is 6. The maximum absolute atomic E-state index is 12.6. The van der Waals surface area contributed by atoms with E-state index in [0.717, 1.165) is 32.5 Å². The van der Waals surface area contributed by atoms with Crippen LogP contribution in [0.5, 0.6) is 0 Å². The zero-order valence-electron chi connectivity index (χ0n) is 13.0. The largest absolute Gasteiger partial charge is 0.378 e. The molecule has 0 amide bonds. The SMILES string of the molecule is O=c1c2cnc(N3CCOCC3)nc2ccn1C[C@H]1CCCO1. The van der Waals surface area contributed by atoms with Crippen molar-refractivity contribution in [2.75, 3.05) is 37.8 Å². The highest BCUT2D eigenvalue weighted by Crippen LogP contribution is 2.16. The molecule has 0 aliphatic carbocycles. The number of hydrogen-bond donors (Lipinski definition) is 0. The Bertz CT molecular complexity index is 749. The third-order valence-corrected chi connectivity index (χ3v) is 4.43. The van der Waals surface area contributed by atoms with E-state index in [9.17, 15) is 4.79 Å². The highest BCUT2D eigenvalue weighted by atomic mass is 16.5. The lowest BCUT2D eigenvalue weighted by atomic mass is 10.2. The van der Waals surface area contributed by atoms with E-state index in [4.69, 9.17) is 9.47 Å². The van der Waals surface area contributed by atoms with Gasteiger partial charge in [0.05, 0.1) is 36.8 Å². The van der Waals surface area contributed by atoms with Gasteiger partial charge in [0, 0.05) is 32.1 Å². The van der Waals surface area contributed by atoms with Crippen LogP contribution >= 0.6 is 0 Å². The van der Waals surface area contributed by atoms with Crippen LogP contribution in [0, 0.1) is 0 Å². The third-order valence-electron chi connectivity index (χ3n) is 4.43. The van der Waals surface area contributed by atoms with Crippen LogP contribution in [0.1, 0.15) is 12.8 Å². The number of anilines is 1. The molecular formula is C16H20N4O3. The van der Waals surface area contributed by atoms with E-state index in [1.807, 2.05) is 12.3 Å². The van der Waals surface area contributed by atoms with Gasteiger partial charge in [-0.05, 0) is 18.9 Å². The summed E-state index contributed by atoms with van der Waals surface area (Å²) >= 11 is 0. The summed E-state index contributed by atoms with van der Waals surface area (Å²) in [4.78, 5) is 23.6. The van der Waals surface area contributed by atoms with Crippen LogP contribution in [0.4, 0.5) is 5.95 Å². The van der Waals surface area contributed by atoms with Crippen LogP contribution in [0.15, 0.2) is 23.3 Å². The Hall–Kier alpha value is -1.99. The molecule has 0 aromatic carbocycles. The molecule has 0 bridgehead atoms. The predicted molar refractivity (Wildman–Crippen MR) is 85.8 cm³/mol. The average Bonchev–Trinajstić information content (AvgIpc) is 3.11. The molecule has 7 heteroatoms. The van der Waals surface area contributed by atoms with Gasteiger partial charge < -0.3 is 18.9 Å². The monoisotopic (exact) mass is 316 g/mol. The second-order valence-corrected chi connectivity index (χ2v) is 5.98. The lowest BCUT2D eigenvalue weighted by molar-refractivity contribution is 0.0963. The molecule has 2 saturated heterocycles. The molecular weight excluding hydrogens is 296 g/mol. The molecule has 0 N–H and O–H groups in total. The van der Waals surface area contributed by atoms with Crippen LogP contribution in [0.25, 0.3) is 10.9 Å². The topological polar surface area (TPSA) is 69.5 Å². The Morgan fingerprint density at radius 3 is 2.91 bits per heavy atom. The lowest BCUT2D eigenvalue weighted by Gasteiger charge is -2.26. The molecule has 7 nitrogen and oxygen atoms in total. The van der Waals surface area contributed by atoms with Crippen molar-refractivity contribution in [2.45, 2.75) is 25.5 Å². The summed E-state index contributed by atoms with van der Waals surface area (Å²) in [5.74, 6) is 0.664. The van der Waals surface area contributed by atoms with Crippen molar-refractivity contribution >= 4 is 16.9 Å². The number of aromatic nitrogens is 3. The van der Waals surface area contributed by atoms with Gasteiger partial charge in [0.1, 0.15) is 0 Å². The molecule has 1 atom stereocenters. The number of rotatable bonds is 3. The van der Waals surface area contributed by atoms with Crippen molar-refractivity contribution in [3.05, 3.63) is 28.8 Å². The first-order chi connectivity index (χ1) is 11.3. The number of ether oxygens (including phenoxy) is 2. The standard InChI is InChI=1S/C16H20N4O3/c21-15-13-10-17-16(19-5-8-22-9-6-19)18-14(13)3-4-20(15)11-12-2-1-7-23-12/h3-4,10,12H,1-2,5-9,11H2/t12-/m1/s1. The fraction of sp³-hybridized carbons (Fsp3) is 0.562. The molecule has 0 unspecified atom stereocenters. The predicted octanol–water partition coefficient (Wildman–Crippen LogP) is 0.807. The number of morpholine rings is 1. The van der Waals surface area contributed by atoms with E-state index in [0.29, 0.717) is 36.6 Å². The third kappa shape index (κ3) is 2.94. The molecule has 0 radical (unpaired) electrons. The van der Waals surface area contributed by atoms with Crippen molar-refractivity contribution < 1.29 is 9.47 Å². The van der Waals surface area contributed by atoms with Crippen LogP contribution < -0.4 is 10.5 Å². The minimum Gasteiger partial charge on any atom is -0.378 e. The Kier molecular flexibility index (Phi) is 3.97. The molecule has 23 heavy (non-hydrogen) atoms. The van der Waals surface area contributed by atoms with Gasteiger partial charge in [-0.3, -0.25) is 4.79 Å². The summed E-state index contributed by atoms with van der Waals surface area (Å²) in [6.45, 7) is 4.32. The van der Waals surface area contributed by atoms with E-state index >= 15 is 0 Å². The first-order valence-corrected chi connectivity index (χ1v) is 8.12. The molecule has 2 aromatic rings. The molecule has 2 aromatic heterocycles. The molecule has 4 rings (SSSR count). The Morgan fingerprint density at radius 2 is 2.13 bits per heavy atom. The quantitative estimate of drug-likeness (QED) is 0.834. The van der Waals surface area contributed by atoms with Crippen LogP contribution in [0.3, 0.4) is 0 Å². The van der Waals surface area contributed by atoms with E-state index in [1.165, 1.54) is 0 Å². The van der Waals surface area contributed by atoms with Crippen molar-refractivity contribution in [2.24, 2.45) is 0 Å². The zero-order chi connectivity index (χ0) is 15.6. The van der Waals surface area contributed by atoms with Gasteiger partial charge in [-0.15, -0.1) is 0 Å². The highest BCUT2D eigenvalue weighted by Gasteiger charge is 2.18.